The summed E-state index contributed by atoms with van der Waals surface area (Å²) in [5.74, 6) is 2.09. The van der Waals surface area contributed by atoms with Crippen LogP contribution in [-0.2, 0) is 13.0 Å². The number of aromatic nitrogens is 4. The highest BCUT2D eigenvalue weighted by molar-refractivity contribution is 7.11. The van der Waals surface area contributed by atoms with E-state index in [0.717, 1.165) is 28.5 Å². The Bertz CT molecular complexity index is 901. The summed E-state index contributed by atoms with van der Waals surface area (Å²) in [6.07, 6.45) is 3.17. The molecule has 3 aromatic rings. The minimum absolute atomic E-state index is 0.477. The first kappa shape index (κ1) is 19.5. The normalized spacial score (nSPS) is 10.8. The van der Waals surface area contributed by atoms with Gasteiger partial charge in [0, 0.05) is 29.1 Å². The van der Waals surface area contributed by atoms with Crippen molar-refractivity contribution in [1.29, 1.82) is 0 Å². The van der Waals surface area contributed by atoms with E-state index in [1.165, 1.54) is 4.88 Å². The summed E-state index contributed by atoms with van der Waals surface area (Å²) in [6, 6.07) is 5.60. The summed E-state index contributed by atoms with van der Waals surface area (Å²) < 4.78 is 5.61. The second-order valence-electron chi connectivity index (χ2n) is 6.12. The second kappa shape index (κ2) is 9.10. The lowest BCUT2D eigenvalue weighted by atomic mass is 10.2. The maximum Gasteiger partial charge on any atom is 0.213 e. The minimum atomic E-state index is 0.477. The summed E-state index contributed by atoms with van der Waals surface area (Å²) in [5.41, 5.74) is 1.90. The molecule has 6 nitrogen and oxygen atoms in total. The molecule has 0 amide bonds. The Hall–Kier alpha value is -2.25. The molecule has 0 aliphatic heterocycles. The van der Waals surface area contributed by atoms with Crippen LogP contribution in [0.1, 0.15) is 33.4 Å². The molecule has 0 aliphatic carbocycles. The van der Waals surface area contributed by atoms with Crippen molar-refractivity contribution in [3.05, 3.63) is 56.5 Å². The number of rotatable bonds is 8. The lowest BCUT2D eigenvalue weighted by Crippen LogP contribution is -2.08. The molecule has 8 heteroatoms. The Morgan fingerprint density at radius 1 is 1.15 bits per heavy atom. The Balaban J connectivity index is 1.58. The fourth-order valence-electron chi connectivity index (χ4n) is 2.56. The molecule has 0 radical (unpaired) electrons. The Morgan fingerprint density at radius 3 is 2.70 bits per heavy atom. The highest BCUT2D eigenvalue weighted by Gasteiger charge is 2.11. The van der Waals surface area contributed by atoms with Crippen LogP contribution < -0.4 is 10.1 Å². The van der Waals surface area contributed by atoms with E-state index < -0.39 is 0 Å². The van der Waals surface area contributed by atoms with Gasteiger partial charge in [0.15, 0.2) is 0 Å². The first-order chi connectivity index (χ1) is 13.0. The van der Waals surface area contributed by atoms with Gasteiger partial charge in [0.25, 0.3) is 0 Å². The van der Waals surface area contributed by atoms with Gasteiger partial charge in [-0.3, -0.25) is 0 Å². The molecule has 0 atom stereocenters. The van der Waals surface area contributed by atoms with Gasteiger partial charge in [-0.25, -0.2) is 19.9 Å². The molecule has 1 N–H and O–H groups in total. The van der Waals surface area contributed by atoms with Crippen LogP contribution in [0.15, 0.2) is 24.4 Å². The van der Waals surface area contributed by atoms with Gasteiger partial charge in [0.1, 0.15) is 16.8 Å². The molecule has 0 spiro atoms. The van der Waals surface area contributed by atoms with Gasteiger partial charge >= 0.3 is 0 Å². The largest absolute Gasteiger partial charge is 0.478 e. The van der Waals surface area contributed by atoms with Crippen molar-refractivity contribution in [2.24, 2.45) is 0 Å². The van der Waals surface area contributed by atoms with Crippen LogP contribution in [0.25, 0.3) is 0 Å². The molecule has 0 saturated carbocycles. The third-order valence-corrected chi connectivity index (χ3v) is 5.42. The monoisotopic (exact) mass is 403 g/mol. The summed E-state index contributed by atoms with van der Waals surface area (Å²) >= 11 is 7.99. The molecule has 0 bridgehead atoms. The van der Waals surface area contributed by atoms with E-state index >= 15 is 0 Å². The van der Waals surface area contributed by atoms with Gasteiger partial charge in [0.2, 0.25) is 5.88 Å². The van der Waals surface area contributed by atoms with Gasteiger partial charge in [-0.2, -0.15) is 0 Å². The average molecular weight is 404 g/mol. The first-order valence-corrected chi connectivity index (χ1v) is 9.96. The molecular formula is C19H22ClN5OS. The molecule has 0 aromatic carbocycles. The summed E-state index contributed by atoms with van der Waals surface area (Å²) in [5, 5.41) is 4.92. The molecule has 0 saturated heterocycles. The number of nitrogens with one attached hydrogen (secondary N) is 1. The molecule has 3 heterocycles. The molecule has 3 aromatic heterocycles. The van der Waals surface area contributed by atoms with Gasteiger partial charge in [-0.15, -0.1) is 11.3 Å². The number of pyridine rings is 1. The highest BCUT2D eigenvalue weighted by Crippen LogP contribution is 2.23. The van der Waals surface area contributed by atoms with Crippen molar-refractivity contribution in [1.82, 2.24) is 19.9 Å². The molecule has 142 valence electrons. The van der Waals surface area contributed by atoms with Crippen LogP contribution in [0.5, 0.6) is 5.88 Å². The fraction of sp³-hybridized carbons (Fsp3) is 0.368. The van der Waals surface area contributed by atoms with Crippen molar-refractivity contribution < 1.29 is 4.74 Å². The van der Waals surface area contributed by atoms with Crippen LogP contribution in [0.4, 0.5) is 5.82 Å². The van der Waals surface area contributed by atoms with E-state index in [0.29, 0.717) is 36.4 Å². The Morgan fingerprint density at radius 2 is 2.00 bits per heavy atom. The molecular weight excluding hydrogens is 382 g/mol. The average Bonchev–Trinajstić information content (AvgIpc) is 2.98. The zero-order valence-corrected chi connectivity index (χ0v) is 17.2. The number of aryl methyl sites for hydroxylation is 3. The maximum absolute atomic E-state index is 6.30. The van der Waals surface area contributed by atoms with Crippen LogP contribution in [0.2, 0.25) is 5.15 Å². The van der Waals surface area contributed by atoms with E-state index in [9.17, 15) is 0 Å². The van der Waals surface area contributed by atoms with Gasteiger partial charge in [0.05, 0.1) is 23.9 Å². The Labute approximate surface area is 168 Å². The van der Waals surface area contributed by atoms with Gasteiger partial charge in [-0.1, -0.05) is 17.7 Å². The zero-order chi connectivity index (χ0) is 19.2. The van der Waals surface area contributed by atoms with Crippen molar-refractivity contribution in [2.75, 3.05) is 11.9 Å². The summed E-state index contributed by atoms with van der Waals surface area (Å²) in [7, 11) is 0. The van der Waals surface area contributed by atoms with E-state index in [1.807, 2.05) is 39.0 Å². The van der Waals surface area contributed by atoms with Crippen molar-refractivity contribution >= 4 is 28.8 Å². The quantitative estimate of drug-likeness (QED) is 0.440. The number of halogens is 1. The highest BCUT2D eigenvalue weighted by atomic mass is 35.5. The van der Waals surface area contributed by atoms with Crippen molar-refractivity contribution in [3.63, 3.8) is 0 Å². The fourth-order valence-corrected chi connectivity index (χ4v) is 3.62. The predicted octanol–water partition coefficient (Wildman–Crippen LogP) is 4.53. The van der Waals surface area contributed by atoms with Crippen LogP contribution in [0.3, 0.4) is 0 Å². The smallest absolute Gasteiger partial charge is 0.213 e. The van der Waals surface area contributed by atoms with Crippen molar-refractivity contribution in [3.8, 4) is 5.88 Å². The number of thiazole rings is 1. The van der Waals surface area contributed by atoms with E-state index in [1.54, 1.807) is 17.5 Å². The van der Waals surface area contributed by atoms with Gasteiger partial charge < -0.3 is 10.1 Å². The molecule has 27 heavy (non-hydrogen) atoms. The van der Waals surface area contributed by atoms with E-state index in [4.69, 9.17) is 16.3 Å². The Kier molecular flexibility index (Phi) is 6.58. The zero-order valence-electron chi connectivity index (χ0n) is 15.6. The van der Waals surface area contributed by atoms with E-state index in [-0.39, 0.29) is 0 Å². The number of nitrogens with zero attached hydrogens (tertiary/aromatic N) is 4. The van der Waals surface area contributed by atoms with Crippen molar-refractivity contribution in [2.45, 2.75) is 40.2 Å². The molecule has 0 aliphatic rings. The number of hydrogen-bond acceptors (Lipinski definition) is 7. The second-order valence-corrected chi connectivity index (χ2v) is 7.77. The van der Waals surface area contributed by atoms with Crippen LogP contribution >= 0.6 is 22.9 Å². The van der Waals surface area contributed by atoms with Crippen LogP contribution in [0, 0.1) is 20.8 Å². The number of ether oxygens (including phenoxy) is 1. The lowest BCUT2D eigenvalue weighted by Gasteiger charge is -2.11. The third kappa shape index (κ3) is 5.37. The molecule has 0 fully saturated rings. The first-order valence-electron chi connectivity index (χ1n) is 8.76. The minimum Gasteiger partial charge on any atom is -0.478 e. The van der Waals surface area contributed by atoms with Gasteiger partial charge in [-0.05, 0) is 33.3 Å². The summed E-state index contributed by atoms with van der Waals surface area (Å²) in [6.45, 7) is 7.18. The lowest BCUT2D eigenvalue weighted by molar-refractivity contribution is 0.298. The number of hydrogen-bond donors (Lipinski definition) is 1. The molecule has 3 rings (SSSR count). The van der Waals surface area contributed by atoms with Crippen LogP contribution in [-0.4, -0.2) is 26.5 Å². The third-order valence-electron chi connectivity index (χ3n) is 3.98. The van der Waals surface area contributed by atoms with E-state index in [2.05, 4.69) is 25.3 Å². The standard InChI is InChI=1S/C19H22ClN5OS/c1-12-18(20)24-16(7-6-10-26-17-8-4-5-9-21-17)25-19(12)22-11-15-13(2)23-14(3)27-15/h4-5,8-9H,6-7,10-11H2,1-3H3,(H,22,24,25). The topological polar surface area (TPSA) is 72.8 Å². The summed E-state index contributed by atoms with van der Waals surface area (Å²) in [4.78, 5) is 18.8. The predicted molar refractivity (Wildman–Crippen MR) is 109 cm³/mol. The maximum atomic E-state index is 6.30. The molecule has 0 unspecified atom stereocenters. The SMILES string of the molecule is Cc1nc(C)c(CNc2nc(CCCOc3ccccn3)nc(Cl)c2C)s1. The number of anilines is 1.